The van der Waals surface area contributed by atoms with E-state index in [2.05, 4.69) is 10.1 Å². The molecule has 0 aliphatic carbocycles. The number of rotatable bonds is 5. The molecule has 0 aromatic carbocycles. The number of anilines is 1. The minimum atomic E-state index is -3.64. The van der Waals surface area contributed by atoms with Gasteiger partial charge in [-0.1, -0.05) is 0 Å². The third-order valence-electron chi connectivity index (χ3n) is 4.62. The Morgan fingerprint density at radius 2 is 2.12 bits per heavy atom. The molecule has 0 N–H and O–H groups in total. The lowest BCUT2D eigenvalue weighted by molar-refractivity contribution is -0.123. The monoisotopic (exact) mass is 381 g/mol. The fourth-order valence-electron chi connectivity index (χ4n) is 3.18. The molecule has 3 heterocycles. The van der Waals surface area contributed by atoms with Gasteiger partial charge in [0.25, 0.3) is 0 Å². The first-order chi connectivity index (χ1) is 12.2. The van der Waals surface area contributed by atoms with E-state index in [0.717, 1.165) is 6.26 Å². The van der Waals surface area contributed by atoms with Gasteiger partial charge in [0.15, 0.2) is 0 Å². The second-order valence-electron chi connectivity index (χ2n) is 6.52. The van der Waals surface area contributed by atoms with E-state index in [-0.39, 0.29) is 18.3 Å². The molecule has 1 saturated heterocycles. The fourth-order valence-corrected chi connectivity index (χ4v) is 4.18. The van der Waals surface area contributed by atoms with Crippen molar-refractivity contribution in [2.24, 2.45) is 7.05 Å². The topological polar surface area (TPSA) is 102 Å². The Balaban J connectivity index is 1.91. The molecule has 0 unspecified atom stereocenters. The largest absolute Gasteiger partial charge is 0.444 e. The van der Waals surface area contributed by atoms with Crippen LogP contribution in [0.3, 0.4) is 0 Å². The number of aromatic nitrogens is 3. The second-order valence-corrected chi connectivity index (χ2v) is 8.45. The van der Waals surface area contributed by atoms with E-state index in [1.165, 1.54) is 4.31 Å². The molecule has 0 bridgehead atoms. The number of nitrogens with zero attached hydrogens (tertiary/aromatic N) is 5. The summed E-state index contributed by atoms with van der Waals surface area (Å²) in [6.45, 7) is 4.03. The lowest BCUT2D eigenvalue weighted by Gasteiger charge is -2.36. The Bertz CT molecular complexity index is 897. The first-order valence-electron chi connectivity index (χ1n) is 8.37. The van der Waals surface area contributed by atoms with Crippen molar-refractivity contribution >= 4 is 21.7 Å². The molecular formula is C16H23N5O4S. The van der Waals surface area contributed by atoms with Gasteiger partial charge in [0, 0.05) is 19.7 Å². The van der Waals surface area contributed by atoms with Crippen LogP contribution in [0, 0.1) is 13.8 Å². The number of oxazole rings is 1. The third-order valence-corrected chi connectivity index (χ3v) is 5.86. The van der Waals surface area contributed by atoms with Crippen LogP contribution in [0.1, 0.15) is 30.2 Å². The molecular weight excluding hydrogens is 358 g/mol. The van der Waals surface area contributed by atoms with Gasteiger partial charge in [-0.3, -0.25) is 14.4 Å². The molecule has 1 aliphatic rings. The molecule has 26 heavy (non-hydrogen) atoms. The van der Waals surface area contributed by atoms with Crippen LogP contribution in [-0.2, 0) is 28.4 Å². The molecule has 10 heteroatoms. The van der Waals surface area contributed by atoms with Gasteiger partial charge in [-0.15, -0.1) is 0 Å². The lowest BCUT2D eigenvalue weighted by atomic mass is 10.0. The van der Waals surface area contributed by atoms with Crippen molar-refractivity contribution in [2.45, 2.75) is 39.3 Å². The molecule has 9 nitrogen and oxygen atoms in total. The first kappa shape index (κ1) is 18.6. The molecule has 1 atom stereocenters. The summed E-state index contributed by atoms with van der Waals surface area (Å²) in [5, 5.41) is 4.09. The van der Waals surface area contributed by atoms with Crippen LogP contribution < -0.4 is 4.90 Å². The maximum absolute atomic E-state index is 13.1. The Hall–Kier alpha value is -2.20. The smallest absolute Gasteiger partial charge is 0.246 e. The number of hydrogen-bond donors (Lipinski definition) is 0. The number of aryl methyl sites for hydroxylation is 3. The van der Waals surface area contributed by atoms with Gasteiger partial charge >= 0.3 is 0 Å². The van der Waals surface area contributed by atoms with Crippen molar-refractivity contribution in [1.82, 2.24) is 19.1 Å². The zero-order chi connectivity index (χ0) is 19.1. The van der Waals surface area contributed by atoms with E-state index in [9.17, 15) is 13.2 Å². The van der Waals surface area contributed by atoms with Crippen LogP contribution >= 0.6 is 0 Å². The van der Waals surface area contributed by atoms with Crippen LogP contribution in [-0.4, -0.2) is 52.2 Å². The van der Waals surface area contributed by atoms with Gasteiger partial charge < -0.3 is 4.42 Å². The number of amides is 1. The van der Waals surface area contributed by atoms with Crippen molar-refractivity contribution < 1.29 is 17.6 Å². The van der Waals surface area contributed by atoms with E-state index in [1.807, 2.05) is 0 Å². The Kier molecular flexibility index (Phi) is 4.89. The second kappa shape index (κ2) is 6.84. The fraction of sp³-hybridized carbons (Fsp3) is 0.562. The molecule has 1 fully saturated rings. The van der Waals surface area contributed by atoms with Gasteiger partial charge in [0.1, 0.15) is 17.6 Å². The highest BCUT2D eigenvalue weighted by Crippen LogP contribution is 2.26. The molecule has 1 amide bonds. The quantitative estimate of drug-likeness (QED) is 0.765. The van der Waals surface area contributed by atoms with Crippen molar-refractivity contribution in [2.75, 3.05) is 17.7 Å². The van der Waals surface area contributed by atoms with Crippen molar-refractivity contribution in [3.05, 3.63) is 29.6 Å². The van der Waals surface area contributed by atoms with E-state index in [4.69, 9.17) is 4.42 Å². The Labute approximate surface area is 152 Å². The number of sulfonamides is 1. The van der Waals surface area contributed by atoms with Gasteiger partial charge in [-0.25, -0.2) is 13.4 Å². The van der Waals surface area contributed by atoms with Crippen molar-refractivity contribution in [3.8, 4) is 0 Å². The van der Waals surface area contributed by atoms with E-state index >= 15 is 0 Å². The van der Waals surface area contributed by atoms with Gasteiger partial charge in [-0.2, -0.15) is 9.40 Å². The number of carbonyl (C=O) groups is 1. The summed E-state index contributed by atoms with van der Waals surface area (Å²) in [7, 11) is -1.89. The lowest BCUT2D eigenvalue weighted by Crippen LogP contribution is -2.54. The summed E-state index contributed by atoms with van der Waals surface area (Å²) in [6, 6.07) is 0.951. The first-order valence-corrected chi connectivity index (χ1v) is 10.2. The molecule has 1 aliphatic heterocycles. The maximum atomic E-state index is 13.1. The summed E-state index contributed by atoms with van der Waals surface area (Å²) in [5.41, 5.74) is 0.708. The molecule has 0 saturated carbocycles. The Morgan fingerprint density at radius 3 is 2.65 bits per heavy atom. The van der Waals surface area contributed by atoms with Crippen LogP contribution in [0.15, 0.2) is 16.7 Å². The number of hydrogen-bond acceptors (Lipinski definition) is 6. The molecule has 3 rings (SSSR count). The normalized spacial score (nSPS) is 18.7. The molecule has 0 radical (unpaired) electrons. The minimum absolute atomic E-state index is 0.0663. The molecule has 0 spiro atoms. The highest BCUT2D eigenvalue weighted by molar-refractivity contribution is 7.88. The van der Waals surface area contributed by atoms with E-state index in [1.54, 1.807) is 42.7 Å². The summed E-state index contributed by atoms with van der Waals surface area (Å²) in [4.78, 5) is 18.9. The standard InChI is InChI=1S/C16H23N5O4S/c1-11-12(2)25-14(18-11)10-21(26(4,23)24)13-6-5-9-20(16(13)22)15-7-8-17-19(15)3/h7-8,13H,5-6,9-10H2,1-4H3/t13-/m0/s1. The highest BCUT2D eigenvalue weighted by Gasteiger charge is 2.39. The van der Waals surface area contributed by atoms with E-state index < -0.39 is 16.1 Å². The average Bonchev–Trinajstić information content (AvgIpc) is 3.10. The highest BCUT2D eigenvalue weighted by atomic mass is 32.2. The van der Waals surface area contributed by atoms with Crippen molar-refractivity contribution in [1.29, 1.82) is 0 Å². The third kappa shape index (κ3) is 3.51. The van der Waals surface area contributed by atoms with Crippen LogP contribution in [0.2, 0.25) is 0 Å². The zero-order valence-electron chi connectivity index (χ0n) is 15.3. The van der Waals surface area contributed by atoms with E-state index in [0.29, 0.717) is 36.7 Å². The zero-order valence-corrected chi connectivity index (χ0v) is 16.2. The number of carbonyl (C=O) groups excluding carboxylic acids is 1. The van der Waals surface area contributed by atoms with Gasteiger partial charge in [-0.05, 0) is 26.7 Å². The van der Waals surface area contributed by atoms with Crippen LogP contribution in [0.4, 0.5) is 5.82 Å². The predicted octanol–water partition coefficient (Wildman–Crippen LogP) is 0.982. The van der Waals surface area contributed by atoms with Crippen LogP contribution in [0.5, 0.6) is 0 Å². The van der Waals surface area contributed by atoms with Gasteiger partial charge in [0.05, 0.1) is 24.7 Å². The summed E-state index contributed by atoms with van der Waals surface area (Å²) < 4.78 is 33.1. The SMILES string of the molecule is Cc1nc(CN([C@H]2CCCN(c3ccnn3C)C2=O)S(C)(=O)=O)oc1C. The molecule has 2 aromatic heterocycles. The summed E-state index contributed by atoms with van der Waals surface area (Å²) in [6.07, 6.45) is 3.86. The number of piperidine rings is 1. The van der Waals surface area contributed by atoms with Crippen LogP contribution in [0.25, 0.3) is 0 Å². The average molecular weight is 381 g/mol. The van der Waals surface area contributed by atoms with Crippen molar-refractivity contribution in [3.63, 3.8) is 0 Å². The molecule has 142 valence electrons. The predicted molar refractivity (Wildman–Crippen MR) is 94.9 cm³/mol. The molecule has 2 aromatic rings. The summed E-state index contributed by atoms with van der Waals surface area (Å²) >= 11 is 0. The summed E-state index contributed by atoms with van der Waals surface area (Å²) in [5.74, 6) is 1.32. The maximum Gasteiger partial charge on any atom is 0.246 e. The minimum Gasteiger partial charge on any atom is -0.444 e. The van der Waals surface area contributed by atoms with Gasteiger partial charge in [0.2, 0.25) is 21.8 Å². The Morgan fingerprint density at radius 1 is 1.38 bits per heavy atom.